The number of fused-ring (bicyclic) bond motifs is 1. The molecule has 0 bridgehead atoms. The van der Waals surface area contributed by atoms with Gasteiger partial charge in [0, 0.05) is 5.69 Å². The lowest BCUT2D eigenvalue weighted by atomic mass is 10.2. The highest BCUT2D eigenvalue weighted by atomic mass is 32.2. The maximum atomic E-state index is 12.6. The van der Waals surface area contributed by atoms with E-state index in [1.165, 1.54) is 42.5 Å². The van der Waals surface area contributed by atoms with Crippen LogP contribution in [0.25, 0.3) is 11.0 Å². The average Bonchev–Trinajstić information content (AvgIpc) is 2.69. The number of esters is 1. The highest BCUT2D eigenvalue weighted by molar-refractivity contribution is 7.92. The van der Waals surface area contributed by atoms with Crippen molar-refractivity contribution in [2.45, 2.75) is 24.7 Å². The van der Waals surface area contributed by atoms with Crippen LogP contribution in [0.3, 0.4) is 0 Å². The van der Waals surface area contributed by atoms with E-state index in [-0.39, 0.29) is 16.1 Å². The van der Waals surface area contributed by atoms with Crippen LogP contribution in [0.4, 0.5) is 5.69 Å². The van der Waals surface area contributed by atoms with Gasteiger partial charge in [-0.2, -0.15) is 0 Å². The summed E-state index contributed by atoms with van der Waals surface area (Å²) in [7, 11) is -3.96. The molecule has 10 heteroatoms. The Hall–Kier alpha value is -3.40. The molecule has 0 fully saturated rings. The van der Waals surface area contributed by atoms with Crippen molar-refractivity contribution in [1.29, 1.82) is 0 Å². The average molecular weight is 417 g/mol. The second-order valence-corrected chi connectivity index (χ2v) is 7.97. The number of anilines is 1. The molecule has 0 aliphatic rings. The molecule has 152 valence electrons. The fourth-order valence-electron chi connectivity index (χ4n) is 2.54. The van der Waals surface area contributed by atoms with E-state index in [2.05, 4.69) is 14.7 Å². The van der Waals surface area contributed by atoms with Crippen molar-refractivity contribution in [2.24, 2.45) is 0 Å². The zero-order valence-electron chi connectivity index (χ0n) is 15.5. The van der Waals surface area contributed by atoms with Crippen molar-refractivity contribution in [2.75, 3.05) is 11.3 Å². The third-order valence-electron chi connectivity index (χ3n) is 4.11. The first-order chi connectivity index (χ1) is 13.8. The minimum atomic E-state index is -3.96. The first kappa shape index (κ1) is 20.3. The number of sulfonamides is 1. The summed E-state index contributed by atoms with van der Waals surface area (Å²) in [5.74, 6) is -0.472. The van der Waals surface area contributed by atoms with Gasteiger partial charge in [-0.15, -0.1) is 0 Å². The molecular formula is C19H19N3O6S. The predicted octanol–water partition coefficient (Wildman–Crippen LogP) is 1.97. The van der Waals surface area contributed by atoms with Gasteiger partial charge < -0.3 is 14.7 Å². The molecule has 0 spiro atoms. The van der Waals surface area contributed by atoms with Crippen LogP contribution >= 0.6 is 0 Å². The molecule has 0 atom stereocenters. The van der Waals surface area contributed by atoms with Crippen molar-refractivity contribution in [3.05, 3.63) is 68.7 Å². The van der Waals surface area contributed by atoms with E-state index < -0.39 is 27.1 Å². The van der Waals surface area contributed by atoms with Crippen LogP contribution in [0.15, 0.2) is 56.9 Å². The molecule has 3 N–H and O–H groups in total. The van der Waals surface area contributed by atoms with Crippen molar-refractivity contribution in [3.63, 3.8) is 0 Å². The van der Waals surface area contributed by atoms with E-state index in [0.717, 1.165) is 12.8 Å². The molecule has 0 unspecified atom stereocenters. The minimum Gasteiger partial charge on any atom is -0.462 e. The highest BCUT2D eigenvalue weighted by Gasteiger charge is 2.16. The van der Waals surface area contributed by atoms with Gasteiger partial charge in [-0.3, -0.25) is 14.3 Å². The van der Waals surface area contributed by atoms with Crippen molar-refractivity contribution >= 4 is 32.7 Å². The molecule has 1 heterocycles. The fraction of sp³-hybridized carbons (Fsp3) is 0.211. The molecule has 3 rings (SSSR count). The number of aromatic amines is 2. The van der Waals surface area contributed by atoms with Crippen LogP contribution < -0.4 is 15.8 Å². The highest BCUT2D eigenvalue weighted by Crippen LogP contribution is 2.19. The molecule has 2 aromatic carbocycles. The number of ether oxygens (including phenoxy) is 1. The van der Waals surface area contributed by atoms with Crippen LogP contribution in [-0.4, -0.2) is 31.0 Å². The quantitative estimate of drug-likeness (QED) is 0.305. The van der Waals surface area contributed by atoms with E-state index in [0.29, 0.717) is 17.7 Å². The maximum absolute atomic E-state index is 12.6. The number of hydrogen-bond acceptors (Lipinski definition) is 6. The molecule has 29 heavy (non-hydrogen) atoms. The monoisotopic (exact) mass is 417 g/mol. The van der Waals surface area contributed by atoms with E-state index in [9.17, 15) is 22.8 Å². The Bertz CT molecular complexity index is 1260. The van der Waals surface area contributed by atoms with E-state index >= 15 is 0 Å². The Morgan fingerprint density at radius 2 is 1.66 bits per heavy atom. The van der Waals surface area contributed by atoms with E-state index in [1.54, 1.807) is 0 Å². The number of carbonyl (C=O) groups is 1. The van der Waals surface area contributed by atoms with Gasteiger partial charge in [0.25, 0.3) is 10.0 Å². The summed E-state index contributed by atoms with van der Waals surface area (Å²) < 4.78 is 32.8. The normalized spacial score (nSPS) is 11.3. The van der Waals surface area contributed by atoms with Crippen molar-refractivity contribution in [1.82, 2.24) is 9.97 Å². The summed E-state index contributed by atoms with van der Waals surface area (Å²) in [6, 6.07) is 9.77. The molecule has 0 aliphatic carbocycles. The van der Waals surface area contributed by atoms with E-state index in [1.807, 2.05) is 6.92 Å². The third-order valence-corrected chi connectivity index (χ3v) is 5.49. The lowest BCUT2D eigenvalue weighted by molar-refractivity contribution is 0.0500. The lowest BCUT2D eigenvalue weighted by Crippen LogP contribution is -2.29. The van der Waals surface area contributed by atoms with Crippen molar-refractivity contribution < 1.29 is 17.9 Å². The number of H-pyrrole nitrogens is 2. The van der Waals surface area contributed by atoms with Gasteiger partial charge in [0.15, 0.2) is 0 Å². The van der Waals surface area contributed by atoms with Crippen LogP contribution in [0.2, 0.25) is 0 Å². The Morgan fingerprint density at radius 3 is 2.31 bits per heavy atom. The Morgan fingerprint density at radius 1 is 1.00 bits per heavy atom. The first-order valence-corrected chi connectivity index (χ1v) is 10.3. The second kappa shape index (κ2) is 8.31. The molecule has 0 aliphatic heterocycles. The van der Waals surface area contributed by atoms with Crippen LogP contribution in [-0.2, 0) is 14.8 Å². The summed E-state index contributed by atoms with van der Waals surface area (Å²) >= 11 is 0. The molecule has 0 amide bonds. The smallest absolute Gasteiger partial charge is 0.338 e. The molecule has 1 aromatic heterocycles. The van der Waals surface area contributed by atoms with Crippen LogP contribution in [0, 0.1) is 0 Å². The number of hydrogen-bond donors (Lipinski definition) is 3. The summed E-state index contributed by atoms with van der Waals surface area (Å²) in [6.07, 6.45) is 1.68. The van der Waals surface area contributed by atoms with E-state index in [4.69, 9.17) is 4.74 Å². The lowest BCUT2D eigenvalue weighted by Gasteiger charge is -2.10. The molecule has 3 aromatic rings. The Balaban J connectivity index is 1.79. The molecule has 9 nitrogen and oxygen atoms in total. The third kappa shape index (κ3) is 4.72. The van der Waals surface area contributed by atoms with Crippen LogP contribution in [0.1, 0.15) is 30.1 Å². The summed E-state index contributed by atoms with van der Waals surface area (Å²) in [4.78, 5) is 39.3. The van der Waals surface area contributed by atoms with Gasteiger partial charge >= 0.3 is 17.1 Å². The fourth-order valence-corrected chi connectivity index (χ4v) is 3.63. The summed E-state index contributed by atoms with van der Waals surface area (Å²) in [5, 5.41) is 0. The predicted molar refractivity (Wildman–Crippen MR) is 108 cm³/mol. The van der Waals surface area contributed by atoms with Crippen LogP contribution in [0.5, 0.6) is 0 Å². The minimum absolute atomic E-state index is 0.101. The second-order valence-electron chi connectivity index (χ2n) is 6.29. The maximum Gasteiger partial charge on any atom is 0.338 e. The van der Waals surface area contributed by atoms with Gasteiger partial charge in [0.05, 0.1) is 28.1 Å². The first-order valence-electron chi connectivity index (χ1n) is 8.86. The number of carbonyl (C=O) groups excluding carboxylic acids is 1. The largest absolute Gasteiger partial charge is 0.462 e. The number of benzene rings is 2. The molecule has 0 saturated heterocycles. The standard InChI is InChI=1S/C19H19N3O6S/c1-2-3-10-28-19(25)12-4-6-13(7-5-12)22-29(26,27)14-8-9-15-16(11-14)21-18(24)17(23)20-15/h4-9,11,22H,2-3,10H2,1H3,(H,20,23)(H,21,24). The number of rotatable bonds is 7. The van der Waals surface area contributed by atoms with Gasteiger partial charge in [0.2, 0.25) is 0 Å². The SMILES string of the molecule is CCCCOC(=O)c1ccc(NS(=O)(=O)c2ccc3[nH]c(=O)c(=O)[nH]c3c2)cc1. The topological polar surface area (TPSA) is 138 Å². The number of nitrogens with one attached hydrogen (secondary N) is 3. The van der Waals surface area contributed by atoms with Gasteiger partial charge in [-0.05, 0) is 48.9 Å². The summed E-state index contributed by atoms with van der Waals surface area (Å²) in [5.41, 5.74) is -0.635. The zero-order chi connectivity index (χ0) is 21.0. The van der Waals surface area contributed by atoms with Gasteiger partial charge in [0.1, 0.15) is 0 Å². The van der Waals surface area contributed by atoms with Crippen molar-refractivity contribution in [3.8, 4) is 0 Å². The number of aromatic nitrogens is 2. The van der Waals surface area contributed by atoms with Gasteiger partial charge in [-0.1, -0.05) is 13.3 Å². The molecule has 0 radical (unpaired) electrons. The van der Waals surface area contributed by atoms with Gasteiger partial charge in [-0.25, -0.2) is 13.2 Å². The zero-order valence-corrected chi connectivity index (χ0v) is 16.3. The Kier molecular flexibility index (Phi) is 5.83. The number of unbranched alkanes of at least 4 members (excludes halogenated alkanes) is 1. The molecule has 0 saturated carbocycles. The summed E-state index contributed by atoms with van der Waals surface area (Å²) in [6.45, 7) is 2.32. The Labute approximate surface area is 165 Å². The molecular weight excluding hydrogens is 398 g/mol.